The number of nitrogens with zero attached hydrogens (tertiary/aromatic N) is 4. The number of aromatic nitrogens is 1. The van der Waals surface area contributed by atoms with Crippen molar-refractivity contribution < 1.29 is 33.1 Å². The van der Waals surface area contributed by atoms with Crippen molar-refractivity contribution in [3.05, 3.63) is 93.8 Å². The van der Waals surface area contributed by atoms with Crippen LogP contribution >= 0.6 is 11.6 Å². The molecular formula is C45H56ClN5O7S. The lowest BCUT2D eigenvalue weighted by molar-refractivity contribution is -0.0376. The predicted molar refractivity (Wildman–Crippen MR) is 227 cm³/mol. The van der Waals surface area contributed by atoms with E-state index < -0.39 is 33.1 Å². The first-order valence-corrected chi connectivity index (χ1v) is 23.3. The third-order valence-corrected chi connectivity index (χ3v) is 16.6. The largest absolute Gasteiger partial charge is 0.490 e. The summed E-state index contributed by atoms with van der Waals surface area (Å²) >= 11 is 6.48. The van der Waals surface area contributed by atoms with Crippen LogP contribution in [0.3, 0.4) is 0 Å². The van der Waals surface area contributed by atoms with Crippen molar-refractivity contribution in [2.24, 2.45) is 22.1 Å². The number of morpholine rings is 1. The summed E-state index contributed by atoms with van der Waals surface area (Å²) in [4.78, 5) is 33.1. The first-order valence-electron chi connectivity index (χ1n) is 21.4. The van der Waals surface area contributed by atoms with Gasteiger partial charge in [-0.25, -0.2) is 4.21 Å². The molecule has 14 heteroatoms. The molecule has 8 atom stereocenters. The third kappa shape index (κ3) is 8.23. The highest BCUT2D eigenvalue weighted by atomic mass is 35.5. The van der Waals surface area contributed by atoms with Gasteiger partial charge in [0.2, 0.25) is 0 Å². The van der Waals surface area contributed by atoms with Crippen molar-refractivity contribution in [1.82, 2.24) is 14.2 Å². The molecule has 2 aliphatic carbocycles. The molecule has 2 bridgehead atoms. The van der Waals surface area contributed by atoms with Crippen LogP contribution in [0.4, 0.5) is 5.69 Å². The van der Waals surface area contributed by atoms with Crippen molar-refractivity contribution in [3.63, 3.8) is 0 Å². The topological polar surface area (TPSA) is 135 Å². The highest BCUT2D eigenvalue weighted by Crippen LogP contribution is 2.47. The lowest BCUT2D eigenvalue weighted by Crippen LogP contribution is -2.49. The molecule has 6 aliphatic rings. The lowest BCUT2D eigenvalue weighted by atomic mass is 9.68. The Hall–Kier alpha value is -3.72. The fourth-order valence-electron chi connectivity index (χ4n) is 10.1. The first-order chi connectivity index (χ1) is 28.5. The summed E-state index contributed by atoms with van der Waals surface area (Å²) in [6.07, 6.45) is 10.2. The monoisotopic (exact) mass is 845 g/mol. The molecule has 316 valence electrons. The van der Waals surface area contributed by atoms with Gasteiger partial charge in [0.1, 0.15) is 15.7 Å². The number of carbonyl (C=O) groups excluding carboxylic acids is 2. The molecule has 2 fully saturated rings. The van der Waals surface area contributed by atoms with Crippen LogP contribution in [-0.4, -0.2) is 101 Å². The Kier molecular flexibility index (Phi) is 11.5. The van der Waals surface area contributed by atoms with E-state index in [4.69, 9.17) is 25.8 Å². The number of allylic oxidation sites excluding steroid dienone is 1. The zero-order valence-electron chi connectivity index (χ0n) is 34.0. The number of hydrogen-bond donors (Lipinski definition) is 2. The van der Waals surface area contributed by atoms with E-state index in [1.807, 2.05) is 41.8 Å². The molecule has 2 N–H and O–H groups in total. The van der Waals surface area contributed by atoms with E-state index in [0.717, 1.165) is 68.1 Å². The minimum atomic E-state index is -3.68. The third-order valence-electron chi connectivity index (χ3n) is 13.9. The number of ether oxygens (including phenoxy) is 3. The molecule has 1 aromatic heterocycles. The molecule has 5 heterocycles. The van der Waals surface area contributed by atoms with Gasteiger partial charge in [-0.1, -0.05) is 36.7 Å². The van der Waals surface area contributed by atoms with Crippen LogP contribution in [0.25, 0.3) is 0 Å². The molecule has 3 aromatic rings. The number of amides is 2. The van der Waals surface area contributed by atoms with Crippen molar-refractivity contribution in [1.29, 1.82) is 0 Å². The van der Waals surface area contributed by atoms with Gasteiger partial charge in [0.15, 0.2) is 0 Å². The van der Waals surface area contributed by atoms with E-state index in [9.17, 15) is 14.7 Å². The summed E-state index contributed by atoms with van der Waals surface area (Å²) in [7, 11) is -3.68. The van der Waals surface area contributed by atoms with Crippen LogP contribution in [0.5, 0.6) is 5.75 Å². The summed E-state index contributed by atoms with van der Waals surface area (Å²) in [6, 6.07) is 13.3. The number of carbonyl (C=O) groups is 2. The number of aliphatic hydroxyl groups excluding tert-OH is 1. The second kappa shape index (κ2) is 16.6. The number of hydrogen-bond acceptors (Lipinski definition) is 9. The van der Waals surface area contributed by atoms with E-state index in [0.29, 0.717) is 63.8 Å². The van der Waals surface area contributed by atoms with Gasteiger partial charge < -0.3 is 28.8 Å². The predicted octanol–water partition coefficient (Wildman–Crippen LogP) is 6.17. The number of benzene rings is 2. The second-order valence-corrected chi connectivity index (χ2v) is 20.4. The molecule has 1 saturated heterocycles. The van der Waals surface area contributed by atoms with Crippen LogP contribution < -0.4 is 14.4 Å². The lowest BCUT2D eigenvalue weighted by Gasteiger charge is -2.45. The molecule has 4 aliphatic heterocycles. The molecule has 9 rings (SSSR count). The van der Waals surface area contributed by atoms with Crippen molar-refractivity contribution in [2.45, 2.75) is 88.4 Å². The zero-order valence-corrected chi connectivity index (χ0v) is 35.6. The summed E-state index contributed by atoms with van der Waals surface area (Å²) in [6.45, 7) is 10.4. The van der Waals surface area contributed by atoms with Gasteiger partial charge in [0.25, 0.3) is 11.8 Å². The average molecular weight is 846 g/mol. The number of rotatable bonds is 4. The SMILES string of the molecule is CC1C/C=C/C(O)C2CCC2CN2CC3(CCCc4cc(Cl)ccc43)COc3ccc(cc32)C(=O)N=S(=O)(NC(=O)c2cc3n(c2)CC(CN2CCOCC2)OC3)C1C. The number of halogens is 1. The standard InChI is InChI=1S/C45H56ClN5O7S/c1-29-5-3-7-41(52)38-11-8-33(38)22-51-27-45(14-4-6-31-19-35(46)10-12-39(31)45)28-58-42-13-9-32(21-40(42)51)43(53)47-59(55,30(29)2)48-44(54)34-20-36-26-57-37(25-50(36)23-34)24-49-15-17-56-18-16-49/h3,7,9-10,12-13,19-21,23,29-30,33,37-38,41,52H,4-6,8,11,14-18,22,24-28H2,1-2H3,(H,47,48,53,54,55)/b7-3+. The first kappa shape index (κ1) is 40.7. The highest BCUT2D eigenvalue weighted by Gasteiger charge is 2.44. The van der Waals surface area contributed by atoms with E-state index in [1.54, 1.807) is 25.3 Å². The summed E-state index contributed by atoms with van der Waals surface area (Å²) in [5.74, 6) is -0.468. The van der Waals surface area contributed by atoms with Gasteiger partial charge in [-0.05, 0) is 111 Å². The normalized spacial score (nSPS) is 32.9. The quantitative estimate of drug-likeness (QED) is 0.296. The van der Waals surface area contributed by atoms with Gasteiger partial charge in [0.05, 0.1) is 55.1 Å². The molecule has 8 unspecified atom stereocenters. The smallest absolute Gasteiger partial charge is 0.286 e. The van der Waals surface area contributed by atoms with Crippen LogP contribution in [0.2, 0.25) is 5.02 Å². The molecular weight excluding hydrogens is 790 g/mol. The van der Waals surface area contributed by atoms with Gasteiger partial charge in [-0.2, -0.15) is 0 Å². The number of anilines is 1. The van der Waals surface area contributed by atoms with E-state index in [-0.39, 0.29) is 34.8 Å². The Morgan fingerprint density at radius 3 is 2.76 bits per heavy atom. The number of aryl methyl sites for hydroxylation is 1. The van der Waals surface area contributed by atoms with Gasteiger partial charge in [0, 0.05) is 67.2 Å². The Morgan fingerprint density at radius 1 is 1.10 bits per heavy atom. The summed E-state index contributed by atoms with van der Waals surface area (Å²) in [5.41, 5.74) is 4.42. The fourth-order valence-corrected chi connectivity index (χ4v) is 12.1. The Bertz CT molecular complexity index is 2250. The molecule has 12 nitrogen and oxygen atoms in total. The van der Waals surface area contributed by atoms with E-state index >= 15 is 4.21 Å². The molecule has 2 aromatic carbocycles. The zero-order chi connectivity index (χ0) is 40.9. The van der Waals surface area contributed by atoms with Crippen LogP contribution in [-0.2, 0) is 44.4 Å². The maximum atomic E-state index is 15.1. The highest BCUT2D eigenvalue weighted by molar-refractivity contribution is 7.93. The van der Waals surface area contributed by atoms with Crippen LogP contribution in [0.15, 0.2) is 65.2 Å². The van der Waals surface area contributed by atoms with Gasteiger partial charge >= 0.3 is 0 Å². The minimum Gasteiger partial charge on any atom is -0.490 e. The molecule has 1 spiro atoms. The molecule has 1 saturated carbocycles. The number of fused-ring (bicyclic) bond motifs is 5. The minimum absolute atomic E-state index is 0.0333. The fraction of sp³-hybridized carbons (Fsp3) is 0.556. The maximum Gasteiger partial charge on any atom is 0.286 e. The number of aliphatic hydroxyl groups is 1. The second-order valence-electron chi connectivity index (χ2n) is 17.7. The van der Waals surface area contributed by atoms with Crippen LogP contribution in [0, 0.1) is 17.8 Å². The van der Waals surface area contributed by atoms with Crippen molar-refractivity contribution in [3.8, 4) is 5.75 Å². The molecule has 0 radical (unpaired) electrons. The van der Waals surface area contributed by atoms with Gasteiger partial charge in [-0.15, -0.1) is 4.36 Å². The summed E-state index contributed by atoms with van der Waals surface area (Å²) in [5, 5.41) is 11.5. The Labute approximate surface area is 352 Å². The van der Waals surface area contributed by atoms with E-state index in [2.05, 4.69) is 31.0 Å². The summed E-state index contributed by atoms with van der Waals surface area (Å²) < 4.78 is 42.7. The van der Waals surface area contributed by atoms with Crippen molar-refractivity contribution in [2.75, 3.05) is 57.4 Å². The Balaban J connectivity index is 1.04. The molecule has 2 amide bonds. The van der Waals surface area contributed by atoms with E-state index in [1.165, 1.54) is 11.1 Å². The molecule has 59 heavy (non-hydrogen) atoms. The Morgan fingerprint density at radius 2 is 1.95 bits per heavy atom. The maximum absolute atomic E-state index is 15.1. The van der Waals surface area contributed by atoms with Crippen LogP contribution in [0.1, 0.15) is 83.5 Å². The van der Waals surface area contributed by atoms with Crippen molar-refractivity contribution >= 4 is 39.0 Å². The average Bonchev–Trinajstić information content (AvgIpc) is 3.58. The number of nitrogens with one attached hydrogen (secondary N) is 1. The van der Waals surface area contributed by atoms with Gasteiger partial charge in [-0.3, -0.25) is 19.2 Å².